The van der Waals surface area contributed by atoms with Crippen molar-refractivity contribution in [1.82, 2.24) is 0 Å². The Morgan fingerprint density at radius 3 is 2.06 bits per heavy atom. The molecule has 0 aromatic heterocycles. The summed E-state index contributed by atoms with van der Waals surface area (Å²) in [5, 5.41) is 0. The zero-order valence-corrected chi connectivity index (χ0v) is 11.3. The number of terminal acetylenes is 1. The summed E-state index contributed by atoms with van der Waals surface area (Å²) in [4.78, 5) is 0. The van der Waals surface area contributed by atoms with Gasteiger partial charge in [0.1, 0.15) is 0 Å². The zero-order valence-electron chi connectivity index (χ0n) is 11.3. The molecule has 0 bridgehead atoms. The summed E-state index contributed by atoms with van der Waals surface area (Å²) in [7, 11) is -0.396. The monoisotopic (exact) mass is 232 g/mol. The molecule has 3 heteroatoms. The van der Waals surface area contributed by atoms with Gasteiger partial charge in [0.25, 0.3) is 0 Å². The van der Waals surface area contributed by atoms with Gasteiger partial charge in [-0.15, -0.1) is 18.3 Å². The van der Waals surface area contributed by atoms with Crippen molar-refractivity contribution in [2.24, 2.45) is 0 Å². The van der Waals surface area contributed by atoms with Gasteiger partial charge in [0.05, 0.1) is 11.2 Å². The van der Waals surface area contributed by atoms with Crippen molar-refractivity contribution in [1.29, 1.82) is 0 Å². The molecule has 1 aliphatic heterocycles. The first-order chi connectivity index (χ1) is 7.89. The van der Waals surface area contributed by atoms with Gasteiger partial charge in [0, 0.05) is 12.8 Å². The Kier molecular flexibility index (Phi) is 4.69. The molecule has 0 atom stereocenters. The van der Waals surface area contributed by atoms with E-state index in [1.165, 1.54) is 0 Å². The Bertz CT molecular complexity index is 339. The highest BCUT2D eigenvalue weighted by molar-refractivity contribution is 6.55. The van der Waals surface area contributed by atoms with Crippen molar-refractivity contribution in [3.63, 3.8) is 0 Å². The van der Waals surface area contributed by atoms with Crippen LogP contribution in [0.25, 0.3) is 0 Å². The molecule has 0 unspecified atom stereocenters. The molecule has 0 N–H and O–H groups in total. The van der Waals surface area contributed by atoms with Crippen LogP contribution in [0.3, 0.4) is 0 Å². The average Bonchev–Trinajstić information content (AvgIpc) is 2.41. The maximum Gasteiger partial charge on any atom is 0.551 e. The molecule has 0 saturated carbocycles. The standard InChI is InChI=1S/C14H21BO2/c1-6-7-8-9-10-11-12-15-16-13(2,3)14(4,5)17-15/h1H,7-10H2,2-5H3. The lowest BCUT2D eigenvalue weighted by Crippen LogP contribution is -2.41. The lowest BCUT2D eigenvalue weighted by atomic mass is 9.90. The van der Waals surface area contributed by atoms with E-state index in [1.807, 2.05) is 27.7 Å². The summed E-state index contributed by atoms with van der Waals surface area (Å²) in [5.41, 5.74) is -0.592. The predicted molar refractivity (Wildman–Crippen MR) is 71.2 cm³/mol. The largest absolute Gasteiger partial charge is 0.551 e. The van der Waals surface area contributed by atoms with Crippen LogP contribution in [-0.2, 0) is 9.31 Å². The van der Waals surface area contributed by atoms with Gasteiger partial charge in [0.15, 0.2) is 0 Å². The molecule has 0 radical (unpaired) electrons. The lowest BCUT2D eigenvalue weighted by molar-refractivity contribution is 0.00578. The number of rotatable bonds is 3. The second kappa shape index (κ2) is 5.63. The quantitative estimate of drug-likeness (QED) is 0.423. The molecule has 0 aromatic carbocycles. The first kappa shape index (κ1) is 14.2. The Labute approximate surface area is 106 Å². The molecule has 1 saturated heterocycles. The van der Waals surface area contributed by atoms with E-state index in [2.05, 4.69) is 17.7 Å². The lowest BCUT2D eigenvalue weighted by Gasteiger charge is -2.32. The Balaban J connectivity index is 2.36. The summed E-state index contributed by atoms with van der Waals surface area (Å²) in [6.07, 6.45) is 8.94. The molecule has 0 spiro atoms. The highest BCUT2D eigenvalue weighted by Gasteiger charge is 2.50. The van der Waals surface area contributed by atoms with Crippen molar-refractivity contribution in [2.75, 3.05) is 0 Å². The van der Waals surface area contributed by atoms with E-state index in [0.29, 0.717) is 0 Å². The van der Waals surface area contributed by atoms with E-state index in [0.717, 1.165) is 25.7 Å². The smallest absolute Gasteiger partial charge is 0.392 e. The summed E-state index contributed by atoms with van der Waals surface area (Å²) in [5.74, 6) is 8.74. The number of hydrogen-bond donors (Lipinski definition) is 0. The first-order valence-electron chi connectivity index (χ1n) is 6.16. The van der Waals surface area contributed by atoms with Gasteiger partial charge in [0.2, 0.25) is 0 Å². The highest BCUT2D eigenvalue weighted by atomic mass is 16.7. The van der Waals surface area contributed by atoms with Crippen molar-refractivity contribution in [3.05, 3.63) is 0 Å². The summed E-state index contributed by atoms with van der Waals surface area (Å²) in [6.45, 7) is 8.12. The van der Waals surface area contributed by atoms with Crippen molar-refractivity contribution in [2.45, 2.75) is 64.6 Å². The van der Waals surface area contributed by atoms with Gasteiger partial charge in [-0.3, -0.25) is 0 Å². The molecule has 92 valence electrons. The van der Waals surface area contributed by atoms with Gasteiger partial charge >= 0.3 is 7.12 Å². The minimum atomic E-state index is -0.396. The third-order valence-electron chi connectivity index (χ3n) is 3.35. The summed E-state index contributed by atoms with van der Waals surface area (Å²) >= 11 is 0. The molecule has 2 nitrogen and oxygen atoms in total. The highest BCUT2D eigenvalue weighted by Crippen LogP contribution is 2.36. The van der Waals surface area contributed by atoms with E-state index in [1.54, 1.807) is 0 Å². The molecule has 0 amide bonds. The summed E-state index contributed by atoms with van der Waals surface area (Å²) < 4.78 is 11.5. The average molecular weight is 232 g/mol. The number of hydrogen-bond acceptors (Lipinski definition) is 2. The third-order valence-corrected chi connectivity index (χ3v) is 3.35. The van der Waals surface area contributed by atoms with Crippen LogP contribution in [-0.4, -0.2) is 18.3 Å². The Morgan fingerprint density at radius 1 is 1.00 bits per heavy atom. The van der Waals surface area contributed by atoms with Crippen molar-refractivity contribution < 1.29 is 9.31 Å². The number of unbranched alkanes of at least 4 members (excludes halogenated alkanes) is 3. The van der Waals surface area contributed by atoms with Crippen LogP contribution >= 0.6 is 0 Å². The molecule has 1 fully saturated rings. The fourth-order valence-electron chi connectivity index (χ4n) is 1.50. The molecule has 17 heavy (non-hydrogen) atoms. The maximum atomic E-state index is 5.76. The van der Waals surface area contributed by atoms with E-state index in [9.17, 15) is 0 Å². The van der Waals surface area contributed by atoms with Crippen LogP contribution < -0.4 is 0 Å². The van der Waals surface area contributed by atoms with Crippen LogP contribution in [0.15, 0.2) is 0 Å². The minimum absolute atomic E-state index is 0.296. The molecule has 1 rings (SSSR count). The molecular weight excluding hydrogens is 211 g/mol. The third kappa shape index (κ3) is 3.81. The SMILES string of the molecule is C#CCCCCC#CB1OC(C)(C)C(C)(C)O1. The fraction of sp³-hybridized carbons (Fsp3) is 0.714. The van der Waals surface area contributed by atoms with Crippen LogP contribution in [0.4, 0.5) is 0 Å². The minimum Gasteiger partial charge on any atom is -0.392 e. The maximum absolute atomic E-state index is 5.76. The van der Waals surface area contributed by atoms with Gasteiger partial charge in [-0.1, -0.05) is 5.82 Å². The van der Waals surface area contributed by atoms with Crippen molar-refractivity contribution in [3.8, 4) is 24.1 Å². The van der Waals surface area contributed by atoms with Crippen LogP contribution in [0.2, 0.25) is 0 Å². The van der Waals surface area contributed by atoms with Gasteiger partial charge in [-0.05, 0) is 40.5 Å². The molecular formula is C14H21BO2. The normalized spacial score (nSPS) is 20.5. The van der Waals surface area contributed by atoms with E-state index >= 15 is 0 Å². The van der Waals surface area contributed by atoms with Gasteiger partial charge in [-0.25, -0.2) is 0 Å². The first-order valence-corrected chi connectivity index (χ1v) is 6.16. The zero-order chi connectivity index (χ0) is 12.9. The van der Waals surface area contributed by atoms with Gasteiger partial charge < -0.3 is 9.31 Å². The molecule has 1 aliphatic rings. The van der Waals surface area contributed by atoms with Crippen LogP contribution in [0.5, 0.6) is 0 Å². The predicted octanol–water partition coefficient (Wildman–Crippen LogP) is 2.81. The van der Waals surface area contributed by atoms with Crippen molar-refractivity contribution >= 4 is 7.12 Å². The topological polar surface area (TPSA) is 18.5 Å². The molecule has 0 aromatic rings. The Hall–Kier alpha value is -0.895. The molecule has 0 aliphatic carbocycles. The second-order valence-electron chi connectivity index (χ2n) is 5.32. The Morgan fingerprint density at radius 2 is 1.53 bits per heavy atom. The van der Waals surface area contributed by atoms with E-state index in [-0.39, 0.29) is 11.2 Å². The van der Waals surface area contributed by atoms with Gasteiger partial charge in [-0.2, -0.15) is 0 Å². The van der Waals surface area contributed by atoms with E-state index < -0.39 is 7.12 Å². The molecule has 1 heterocycles. The summed E-state index contributed by atoms with van der Waals surface area (Å²) in [6, 6.07) is 0. The fourth-order valence-corrected chi connectivity index (χ4v) is 1.50. The van der Waals surface area contributed by atoms with Crippen LogP contribution in [0, 0.1) is 24.1 Å². The van der Waals surface area contributed by atoms with Crippen LogP contribution in [0.1, 0.15) is 53.4 Å². The second-order valence-corrected chi connectivity index (χ2v) is 5.32. The van der Waals surface area contributed by atoms with E-state index in [4.69, 9.17) is 15.7 Å².